The largest absolute Gasteiger partial charge is 0.314 e. The standard InChI is InChI=1S/C11H23NO2S/c1-10(2)6-9-15(13,14)8-3-7-12-11-4-5-11/h10-12H,3-9H2,1-2H3. The maximum atomic E-state index is 11.6. The molecule has 0 radical (unpaired) electrons. The van der Waals surface area contributed by atoms with E-state index in [1.54, 1.807) is 0 Å². The second kappa shape index (κ2) is 5.85. The first-order chi connectivity index (χ1) is 6.99. The Morgan fingerprint density at radius 3 is 2.47 bits per heavy atom. The maximum absolute atomic E-state index is 11.6. The van der Waals surface area contributed by atoms with Crippen LogP contribution in [-0.4, -0.2) is 32.5 Å². The van der Waals surface area contributed by atoms with Crippen LogP contribution in [0.1, 0.15) is 39.5 Å². The number of hydrogen-bond donors (Lipinski definition) is 1. The second-order valence-electron chi connectivity index (χ2n) is 4.92. The summed E-state index contributed by atoms with van der Waals surface area (Å²) >= 11 is 0. The highest BCUT2D eigenvalue weighted by Crippen LogP contribution is 2.18. The number of rotatable bonds is 8. The van der Waals surface area contributed by atoms with Gasteiger partial charge >= 0.3 is 0 Å². The summed E-state index contributed by atoms with van der Waals surface area (Å²) in [5.41, 5.74) is 0. The molecule has 0 aromatic carbocycles. The monoisotopic (exact) mass is 233 g/mol. The van der Waals surface area contributed by atoms with Crippen LogP contribution < -0.4 is 5.32 Å². The summed E-state index contributed by atoms with van der Waals surface area (Å²) in [4.78, 5) is 0. The third-order valence-corrected chi connectivity index (χ3v) is 4.42. The molecule has 0 saturated heterocycles. The quantitative estimate of drug-likeness (QED) is 0.648. The van der Waals surface area contributed by atoms with Crippen LogP contribution in [0, 0.1) is 5.92 Å². The summed E-state index contributed by atoms with van der Waals surface area (Å²) in [6.07, 6.45) is 4.08. The van der Waals surface area contributed by atoms with Crippen molar-refractivity contribution in [2.45, 2.75) is 45.6 Å². The van der Waals surface area contributed by atoms with Crippen LogP contribution in [0.5, 0.6) is 0 Å². The van der Waals surface area contributed by atoms with Crippen molar-refractivity contribution in [2.75, 3.05) is 18.1 Å². The molecule has 0 bridgehead atoms. The first-order valence-corrected chi connectivity index (χ1v) is 7.75. The number of nitrogens with one attached hydrogen (secondary N) is 1. The summed E-state index contributed by atoms with van der Waals surface area (Å²) in [6, 6.07) is 0.684. The van der Waals surface area contributed by atoms with Crippen LogP contribution >= 0.6 is 0 Å². The molecule has 0 amide bonds. The van der Waals surface area contributed by atoms with Gasteiger partial charge in [-0.25, -0.2) is 8.42 Å². The molecule has 0 spiro atoms. The van der Waals surface area contributed by atoms with Crippen LogP contribution in [0.4, 0.5) is 0 Å². The lowest BCUT2D eigenvalue weighted by molar-refractivity contribution is 0.568. The molecule has 1 rings (SSSR count). The van der Waals surface area contributed by atoms with Gasteiger partial charge in [0.15, 0.2) is 0 Å². The van der Waals surface area contributed by atoms with Crippen LogP contribution in [0.2, 0.25) is 0 Å². The van der Waals surface area contributed by atoms with E-state index in [2.05, 4.69) is 19.2 Å². The van der Waals surface area contributed by atoms with Gasteiger partial charge in [-0.15, -0.1) is 0 Å². The van der Waals surface area contributed by atoms with E-state index < -0.39 is 9.84 Å². The molecule has 1 aliphatic carbocycles. The molecule has 15 heavy (non-hydrogen) atoms. The smallest absolute Gasteiger partial charge is 0.150 e. The highest BCUT2D eigenvalue weighted by atomic mass is 32.2. The van der Waals surface area contributed by atoms with Crippen LogP contribution in [-0.2, 0) is 9.84 Å². The third kappa shape index (κ3) is 6.90. The fourth-order valence-electron chi connectivity index (χ4n) is 1.40. The molecule has 0 atom stereocenters. The lowest BCUT2D eigenvalue weighted by Crippen LogP contribution is -2.21. The zero-order valence-corrected chi connectivity index (χ0v) is 10.6. The zero-order valence-electron chi connectivity index (χ0n) is 9.83. The molecule has 0 aromatic heterocycles. The minimum atomic E-state index is -2.79. The van der Waals surface area contributed by atoms with Gasteiger partial charge < -0.3 is 5.32 Å². The molecule has 90 valence electrons. The lowest BCUT2D eigenvalue weighted by atomic mass is 10.2. The predicted octanol–water partition coefficient (Wildman–Crippen LogP) is 1.59. The Kier molecular flexibility index (Phi) is 5.06. The van der Waals surface area contributed by atoms with Crippen molar-refractivity contribution >= 4 is 9.84 Å². The molecule has 0 unspecified atom stereocenters. The van der Waals surface area contributed by atoms with Crippen LogP contribution in [0.15, 0.2) is 0 Å². The van der Waals surface area contributed by atoms with Crippen molar-refractivity contribution in [3.8, 4) is 0 Å². The Hall–Kier alpha value is -0.0900. The maximum Gasteiger partial charge on any atom is 0.150 e. The Morgan fingerprint density at radius 1 is 1.27 bits per heavy atom. The van der Waals surface area contributed by atoms with Gasteiger partial charge in [0.25, 0.3) is 0 Å². The molecule has 4 heteroatoms. The van der Waals surface area contributed by atoms with Crippen molar-refractivity contribution in [3.05, 3.63) is 0 Å². The first kappa shape index (κ1) is 13.0. The Morgan fingerprint density at radius 2 is 1.93 bits per heavy atom. The normalized spacial score (nSPS) is 17.3. The summed E-state index contributed by atoms with van der Waals surface area (Å²) in [5, 5.41) is 3.33. The number of sulfone groups is 1. The van der Waals surface area contributed by atoms with Gasteiger partial charge in [-0.2, -0.15) is 0 Å². The van der Waals surface area contributed by atoms with Crippen molar-refractivity contribution < 1.29 is 8.42 Å². The highest BCUT2D eigenvalue weighted by Gasteiger charge is 2.20. The summed E-state index contributed by atoms with van der Waals surface area (Å²) in [6.45, 7) is 4.97. The lowest BCUT2D eigenvalue weighted by Gasteiger charge is -2.06. The van der Waals surface area contributed by atoms with E-state index in [9.17, 15) is 8.42 Å². The van der Waals surface area contributed by atoms with Gasteiger partial charge in [-0.3, -0.25) is 0 Å². The topological polar surface area (TPSA) is 46.2 Å². The highest BCUT2D eigenvalue weighted by molar-refractivity contribution is 7.91. The third-order valence-electron chi connectivity index (χ3n) is 2.65. The molecule has 3 nitrogen and oxygen atoms in total. The SMILES string of the molecule is CC(C)CCS(=O)(=O)CCCNC1CC1. The summed E-state index contributed by atoms with van der Waals surface area (Å²) in [5.74, 6) is 1.18. The average Bonchev–Trinajstić information content (AvgIpc) is 2.93. The first-order valence-electron chi connectivity index (χ1n) is 5.93. The predicted molar refractivity (Wildman–Crippen MR) is 63.8 cm³/mol. The molecule has 0 aromatic rings. The zero-order chi connectivity index (χ0) is 11.3. The molecular formula is C11H23NO2S. The molecule has 1 fully saturated rings. The van der Waals surface area contributed by atoms with Crippen molar-refractivity contribution in [1.29, 1.82) is 0 Å². The molecule has 0 heterocycles. The van der Waals surface area contributed by atoms with Gasteiger partial charge in [-0.1, -0.05) is 13.8 Å². The molecule has 1 aliphatic rings. The Bertz CT molecular complexity index is 268. The minimum absolute atomic E-state index is 0.347. The summed E-state index contributed by atoms with van der Waals surface area (Å²) < 4.78 is 23.1. The van der Waals surface area contributed by atoms with Gasteiger partial charge in [0.1, 0.15) is 9.84 Å². The van der Waals surface area contributed by atoms with E-state index in [4.69, 9.17) is 0 Å². The molecule has 0 aliphatic heterocycles. The van der Waals surface area contributed by atoms with Gasteiger partial charge in [0.2, 0.25) is 0 Å². The van der Waals surface area contributed by atoms with Crippen LogP contribution in [0.25, 0.3) is 0 Å². The fourth-order valence-corrected chi connectivity index (χ4v) is 3.02. The number of hydrogen-bond acceptors (Lipinski definition) is 3. The van der Waals surface area contributed by atoms with Crippen molar-refractivity contribution in [1.82, 2.24) is 5.32 Å². The van der Waals surface area contributed by atoms with E-state index in [0.717, 1.165) is 19.4 Å². The van der Waals surface area contributed by atoms with E-state index >= 15 is 0 Å². The van der Waals surface area contributed by atoms with Gasteiger partial charge in [0.05, 0.1) is 11.5 Å². The fraction of sp³-hybridized carbons (Fsp3) is 1.00. The van der Waals surface area contributed by atoms with Crippen LogP contribution in [0.3, 0.4) is 0 Å². The van der Waals surface area contributed by atoms with Crippen molar-refractivity contribution in [3.63, 3.8) is 0 Å². The second-order valence-corrected chi connectivity index (χ2v) is 7.22. The Labute approximate surface area is 93.6 Å². The van der Waals surface area contributed by atoms with E-state index in [-0.39, 0.29) is 0 Å². The van der Waals surface area contributed by atoms with E-state index in [0.29, 0.717) is 23.5 Å². The van der Waals surface area contributed by atoms with Gasteiger partial charge in [-0.05, 0) is 38.1 Å². The van der Waals surface area contributed by atoms with E-state index in [1.807, 2.05) is 0 Å². The van der Waals surface area contributed by atoms with E-state index in [1.165, 1.54) is 12.8 Å². The summed E-state index contributed by atoms with van der Waals surface area (Å²) in [7, 11) is -2.79. The van der Waals surface area contributed by atoms with Crippen molar-refractivity contribution in [2.24, 2.45) is 5.92 Å². The average molecular weight is 233 g/mol. The molecular weight excluding hydrogens is 210 g/mol. The minimum Gasteiger partial charge on any atom is -0.314 e. The molecule has 1 N–H and O–H groups in total. The molecule has 1 saturated carbocycles. The Balaban J connectivity index is 2.05. The van der Waals surface area contributed by atoms with Gasteiger partial charge in [0, 0.05) is 6.04 Å².